The van der Waals surface area contributed by atoms with E-state index in [1.807, 2.05) is 30.3 Å². The van der Waals surface area contributed by atoms with Crippen LogP contribution in [0.25, 0.3) is 0 Å². The number of methoxy groups -OCH3 is 1. The van der Waals surface area contributed by atoms with E-state index >= 15 is 0 Å². The number of ether oxygens (including phenoxy) is 1. The van der Waals surface area contributed by atoms with Crippen LogP contribution in [-0.2, 0) is 6.42 Å². The van der Waals surface area contributed by atoms with Crippen LogP contribution in [0.4, 0.5) is 15.8 Å². The normalized spacial score (nSPS) is 10.3. The molecule has 138 valence electrons. The largest absolute Gasteiger partial charge is 0.497 e. The molecule has 0 bridgehead atoms. The topological polar surface area (TPSA) is 50.4 Å². The molecule has 4 nitrogen and oxygen atoms in total. The van der Waals surface area contributed by atoms with E-state index in [9.17, 15) is 9.18 Å². The van der Waals surface area contributed by atoms with E-state index in [-0.39, 0.29) is 11.7 Å². The van der Waals surface area contributed by atoms with E-state index < -0.39 is 0 Å². The highest BCUT2D eigenvalue weighted by Crippen LogP contribution is 2.17. The number of carbonyl (C=O) groups excluding carboxylic acids is 1. The molecule has 0 aliphatic carbocycles. The molecule has 0 radical (unpaired) electrons. The van der Waals surface area contributed by atoms with Gasteiger partial charge in [0.1, 0.15) is 11.6 Å². The first-order valence-corrected chi connectivity index (χ1v) is 8.68. The standard InChI is InChI=1S/C22H21FN2O2/c1-27-20-7-4-6-17(15-20)22(26)25-19-11-9-18(10-12-19)24-14-13-16-5-2-3-8-21(16)23/h2-12,15,24H,13-14H2,1H3,(H,25,26). The van der Waals surface area contributed by atoms with Crippen molar-refractivity contribution in [1.82, 2.24) is 0 Å². The van der Waals surface area contributed by atoms with Crippen LogP contribution >= 0.6 is 0 Å². The number of carbonyl (C=O) groups is 1. The molecular weight excluding hydrogens is 343 g/mol. The molecule has 0 saturated heterocycles. The Labute approximate surface area is 158 Å². The van der Waals surface area contributed by atoms with Crippen molar-refractivity contribution >= 4 is 17.3 Å². The Balaban J connectivity index is 1.54. The van der Waals surface area contributed by atoms with E-state index in [2.05, 4.69) is 10.6 Å². The van der Waals surface area contributed by atoms with Gasteiger partial charge in [-0.05, 0) is 60.5 Å². The summed E-state index contributed by atoms with van der Waals surface area (Å²) in [5.74, 6) is 0.251. The molecule has 0 aliphatic rings. The van der Waals surface area contributed by atoms with Crippen LogP contribution in [0.15, 0.2) is 72.8 Å². The van der Waals surface area contributed by atoms with E-state index in [4.69, 9.17) is 4.74 Å². The Bertz CT molecular complexity index is 910. The van der Waals surface area contributed by atoms with Gasteiger partial charge in [0.25, 0.3) is 5.91 Å². The second kappa shape index (κ2) is 8.85. The van der Waals surface area contributed by atoms with Crippen LogP contribution in [0.1, 0.15) is 15.9 Å². The van der Waals surface area contributed by atoms with Crippen LogP contribution < -0.4 is 15.4 Å². The first-order valence-electron chi connectivity index (χ1n) is 8.68. The summed E-state index contributed by atoms with van der Waals surface area (Å²) in [6, 6.07) is 21.2. The molecular formula is C22H21FN2O2. The van der Waals surface area contributed by atoms with Crippen molar-refractivity contribution in [2.24, 2.45) is 0 Å². The monoisotopic (exact) mass is 364 g/mol. The minimum absolute atomic E-state index is 0.185. The van der Waals surface area contributed by atoms with Crippen molar-refractivity contribution in [3.63, 3.8) is 0 Å². The fraction of sp³-hybridized carbons (Fsp3) is 0.136. The first kappa shape index (κ1) is 18.5. The Kier molecular flexibility index (Phi) is 6.05. The predicted octanol–water partition coefficient (Wildman–Crippen LogP) is 4.74. The fourth-order valence-corrected chi connectivity index (χ4v) is 2.68. The van der Waals surface area contributed by atoms with Gasteiger partial charge in [-0.15, -0.1) is 0 Å². The molecule has 3 aromatic rings. The quantitative estimate of drug-likeness (QED) is 0.637. The molecule has 5 heteroatoms. The van der Waals surface area contributed by atoms with Gasteiger partial charge in [-0.2, -0.15) is 0 Å². The van der Waals surface area contributed by atoms with E-state index in [1.54, 1.807) is 43.5 Å². The Morgan fingerprint density at radius 2 is 1.70 bits per heavy atom. The van der Waals surface area contributed by atoms with Crippen LogP contribution in [0.5, 0.6) is 5.75 Å². The lowest BCUT2D eigenvalue weighted by molar-refractivity contribution is 0.102. The summed E-state index contributed by atoms with van der Waals surface area (Å²) in [5.41, 5.74) is 2.82. The zero-order chi connectivity index (χ0) is 19.1. The molecule has 0 saturated carbocycles. The lowest BCUT2D eigenvalue weighted by Gasteiger charge is -2.10. The van der Waals surface area contributed by atoms with Gasteiger partial charge >= 0.3 is 0 Å². The summed E-state index contributed by atoms with van der Waals surface area (Å²) < 4.78 is 18.7. The molecule has 2 N–H and O–H groups in total. The number of hydrogen-bond acceptors (Lipinski definition) is 3. The predicted molar refractivity (Wildman–Crippen MR) is 106 cm³/mol. The lowest BCUT2D eigenvalue weighted by Crippen LogP contribution is -2.12. The average molecular weight is 364 g/mol. The van der Waals surface area contributed by atoms with Crippen LogP contribution in [-0.4, -0.2) is 19.6 Å². The smallest absolute Gasteiger partial charge is 0.255 e. The van der Waals surface area contributed by atoms with Crippen molar-refractivity contribution in [1.29, 1.82) is 0 Å². The Morgan fingerprint density at radius 3 is 2.44 bits per heavy atom. The van der Waals surface area contributed by atoms with Gasteiger partial charge in [0.15, 0.2) is 0 Å². The summed E-state index contributed by atoms with van der Waals surface area (Å²) in [5, 5.41) is 6.11. The van der Waals surface area contributed by atoms with Gasteiger partial charge in [-0.3, -0.25) is 4.79 Å². The lowest BCUT2D eigenvalue weighted by atomic mass is 10.1. The molecule has 3 aromatic carbocycles. The minimum atomic E-state index is -0.200. The molecule has 27 heavy (non-hydrogen) atoms. The maximum Gasteiger partial charge on any atom is 0.255 e. The Morgan fingerprint density at radius 1 is 0.963 bits per heavy atom. The van der Waals surface area contributed by atoms with Crippen molar-refractivity contribution in [2.75, 3.05) is 24.3 Å². The molecule has 1 amide bonds. The summed E-state index contributed by atoms with van der Waals surface area (Å²) in [6.07, 6.45) is 0.598. The summed E-state index contributed by atoms with van der Waals surface area (Å²) >= 11 is 0. The van der Waals surface area contributed by atoms with Crippen LogP contribution in [0, 0.1) is 5.82 Å². The minimum Gasteiger partial charge on any atom is -0.497 e. The summed E-state index contributed by atoms with van der Waals surface area (Å²) in [4.78, 5) is 12.3. The first-order chi connectivity index (χ1) is 13.2. The molecule has 0 heterocycles. The van der Waals surface area contributed by atoms with Crippen molar-refractivity contribution in [3.8, 4) is 5.75 Å². The number of halogens is 1. The second-order valence-corrected chi connectivity index (χ2v) is 6.03. The molecule has 0 aliphatic heterocycles. The van der Waals surface area contributed by atoms with E-state index in [0.29, 0.717) is 35.5 Å². The number of rotatable bonds is 7. The van der Waals surface area contributed by atoms with E-state index in [0.717, 1.165) is 5.69 Å². The number of amides is 1. The van der Waals surface area contributed by atoms with E-state index in [1.165, 1.54) is 6.07 Å². The van der Waals surface area contributed by atoms with Crippen molar-refractivity contribution < 1.29 is 13.9 Å². The van der Waals surface area contributed by atoms with Crippen molar-refractivity contribution in [3.05, 3.63) is 89.7 Å². The van der Waals surface area contributed by atoms with Crippen molar-refractivity contribution in [2.45, 2.75) is 6.42 Å². The second-order valence-electron chi connectivity index (χ2n) is 6.03. The number of anilines is 2. The molecule has 0 unspecified atom stereocenters. The van der Waals surface area contributed by atoms with Gasteiger partial charge < -0.3 is 15.4 Å². The third kappa shape index (κ3) is 5.07. The number of benzene rings is 3. The molecule has 0 fully saturated rings. The average Bonchev–Trinajstić information content (AvgIpc) is 2.71. The SMILES string of the molecule is COc1cccc(C(=O)Nc2ccc(NCCc3ccccc3F)cc2)c1. The fourth-order valence-electron chi connectivity index (χ4n) is 2.68. The Hall–Kier alpha value is -3.34. The highest BCUT2D eigenvalue weighted by atomic mass is 19.1. The van der Waals surface area contributed by atoms with Gasteiger partial charge in [0.05, 0.1) is 7.11 Å². The van der Waals surface area contributed by atoms with Crippen LogP contribution in [0.3, 0.4) is 0 Å². The maximum absolute atomic E-state index is 13.6. The molecule has 0 aromatic heterocycles. The molecule has 0 atom stereocenters. The van der Waals surface area contributed by atoms with Gasteiger partial charge in [0.2, 0.25) is 0 Å². The maximum atomic E-state index is 13.6. The highest BCUT2D eigenvalue weighted by Gasteiger charge is 2.07. The molecule has 0 spiro atoms. The highest BCUT2D eigenvalue weighted by molar-refractivity contribution is 6.04. The molecule has 3 rings (SSSR count). The van der Waals surface area contributed by atoms with Crippen LogP contribution in [0.2, 0.25) is 0 Å². The van der Waals surface area contributed by atoms with Gasteiger partial charge in [-0.25, -0.2) is 4.39 Å². The number of hydrogen-bond donors (Lipinski definition) is 2. The zero-order valence-corrected chi connectivity index (χ0v) is 15.0. The summed E-state index contributed by atoms with van der Waals surface area (Å²) in [7, 11) is 1.56. The van der Waals surface area contributed by atoms with Gasteiger partial charge in [0, 0.05) is 23.5 Å². The van der Waals surface area contributed by atoms with Gasteiger partial charge in [-0.1, -0.05) is 24.3 Å². The third-order valence-corrected chi connectivity index (χ3v) is 4.16. The third-order valence-electron chi connectivity index (χ3n) is 4.16. The zero-order valence-electron chi connectivity index (χ0n) is 15.0. The number of nitrogens with one attached hydrogen (secondary N) is 2. The summed E-state index contributed by atoms with van der Waals surface area (Å²) in [6.45, 7) is 0.621.